The summed E-state index contributed by atoms with van der Waals surface area (Å²) in [5.41, 5.74) is 1.17. The first kappa shape index (κ1) is 19.1. The fraction of sp³-hybridized carbons (Fsp3) is 0.421. The minimum absolute atomic E-state index is 0.0586. The van der Waals surface area contributed by atoms with Gasteiger partial charge in [-0.05, 0) is 42.4 Å². The minimum atomic E-state index is -0.158. The van der Waals surface area contributed by atoms with E-state index in [0.717, 1.165) is 38.0 Å². The molecule has 1 aromatic carbocycles. The molecule has 1 N–H and O–H groups in total. The molecule has 5 heteroatoms. The highest BCUT2D eigenvalue weighted by Gasteiger charge is 2.25. The standard InChI is InChI=1S/C19H24BrNO2S/c1-2-3-13-23-17-7-4-6-16(15-17)9-12-21-18(22)8-11-19(20)10-5-14-24-19/h4-8,11,14-15H,2-3,9-10,12-13H2,1H3,(H,21,22). The first-order chi connectivity index (χ1) is 11.6. The number of nitrogens with one attached hydrogen (secondary N) is 1. The predicted molar refractivity (Wildman–Crippen MR) is 106 cm³/mol. The van der Waals surface area contributed by atoms with Crippen molar-refractivity contribution in [3.63, 3.8) is 0 Å². The molecule has 0 fully saturated rings. The zero-order chi connectivity index (χ0) is 17.3. The third kappa shape index (κ3) is 6.73. The van der Waals surface area contributed by atoms with Crippen LogP contribution in [0.25, 0.3) is 0 Å². The van der Waals surface area contributed by atoms with Crippen molar-refractivity contribution in [1.29, 1.82) is 0 Å². The number of ether oxygens (including phenoxy) is 1. The van der Waals surface area contributed by atoms with Crippen LogP contribution in [0, 0.1) is 0 Å². The van der Waals surface area contributed by atoms with Crippen molar-refractivity contribution in [3.05, 3.63) is 53.5 Å². The number of allylic oxidation sites excluding steroid dienone is 1. The van der Waals surface area contributed by atoms with Crippen molar-refractivity contribution < 1.29 is 9.53 Å². The quantitative estimate of drug-likeness (QED) is 0.360. The normalized spacial score (nSPS) is 19.8. The van der Waals surface area contributed by atoms with Gasteiger partial charge in [-0.2, -0.15) is 0 Å². The topological polar surface area (TPSA) is 38.3 Å². The lowest BCUT2D eigenvalue weighted by Crippen LogP contribution is -2.24. The van der Waals surface area contributed by atoms with Gasteiger partial charge in [-0.25, -0.2) is 0 Å². The molecule has 0 saturated heterocycles. The van der Waals surface area contributed by atoms with Crippen molar-refractivity contribution in [3.8, 4) is 5.75 Å². The second-order valence-electron chi connectivity index (χ2n) is 5.70. The number of hydrogen-bond acceptors (Lipinski definition) is 3. The molecule has 0 aliphatic carbocycles. The zero-order valence-electron chi connectivity index (χ0n) is 14.0. The van der Waals surface area contributed by atoms with E-state index < -0.39 is 0 Å². The molecule has 0 aromatic heterocycles. The third-order valence-electron chi connectivity index (χ3n) is 3.62. The minimum Gasteiger partial charge on any atom is -0.494 e. The van der Waals surface area contributed by atoms with Gasteiger partial charge < -0.3 is 10.1 Å². The summed E-state index contributed by atoms with van der Waals surface area (Å²) in [5.74, 6) is 0.843. The van der Waals surface area contributed by atoms with Gasteiger partial charge in [-0.1, -0.05) is 53.6 Å². The highest BCUT2D eigenvalue weighted by molar-refractivity contribution is 9.12. The van der Waals surface area contributed by atoms with Crippen LogP contribution in [0.3, 0.4) is 0 Å². The van der Waals surface area contributed by atoms with Gasteiger partial charge in [0.15, 0.2) is 0 Å². The number of amides is 1. The molecule has 130 valence electrons. The van der Waals surface area contributed by atoms with Crippen molar-refractivity contribution in [2.24, 2.45) is 0 Å². The fourth-order valence-electron chi connectivity index (χ4n) is 2.24. The average molecular weight is 410 g/mol. The van der Waals surface area contributed by atoms with E-state index in [-0.39, 0.29) is 9.56 Å². The van der Waals surface area contributed by atoms with E-state index in [1.54, 1.807) is 17.8 Å². The molecule has 1 amide bonds. The summed E-state index contributed by atoms with van der Waals surface area (Å²) in [4.78, 5) is 11.9. The van der Waals surface area contributed by atoms with E-state index in [2.05, 4.69) is 40.3 Å². The molecule has 0 spiro atoms. The maximum atomic E-state index is 11.9. The molecule has 3 nitrogen and oxygen atoms in total. The predicted octanol–water partition coefficient (Wildman–Crippen LogP) is 4.82. The Hall–Kier alpha value is -1.20. The van der Waals surface area contributed by atoms with Gasteiger partial charge in [0.25, 0.3) is 0 Å². The number of hydrogen-bond donors (Lipinski definition) is 1. The van der Waals surface area contributed by atoms with Crippen molar-refractivity contribution in [2.75, 3.05) is 13.2 Å². The maximum Gasteiger partial charge on any atom is 0.243 e. The van der Waals surface area contributed by atoms with Crippen LogP contribution < -0.4 is 10.1 Å². The molecular weight excluding hydrogens is 386 g/mol. The van der Waals surface area contributed by atoms with Gasteiger partial charge >= 0.3 is 0 Å². The Bertz CT molecular complexity index is 593. The van der Waals surface area contributed by atoms with Crippen LogP contribution in [0.5, 0.6) is 5.75 Å². The zero-order valence-corrected chi connectivity index (χ0v) is 16.4. The number of thioether (sulfide) groups is 1. The number of rotatable bonds is 9. The lowest BCUT2D eigenvalue weighted by molar-refractivity contribution is -0.116. The van der Waals surface area contributed by atoms with Crippen molar-refractivity contribution in [2.45, 2.75) is 36.3 Å². The van der Waals surface area contributed by atoms with Crippen LogP contribution in [0.1, 0.15) is 31.7 Å². The molecule has 1 aliphatic heterocycles. The van der Waals surface area contributed by atoms with E-state index in [1.807, 2.05) is 29.7 Å². The first-order valence-electron chi connectivity index (χ1n) is 8.32. The average Bonchev–Trinajstić information content (AvgIpc) is 3.01. The Balaban J connectivity index is 1.72. The molecule has 24 heavy (non-hydrogen) atoms. The second-order valence-corrected chi connectivity index (χ2v) is 8.88. The number of carbonyl (C=O) groups excluding carboxylic acids is 1. The van der Waals surface area contributed by atoms with Gasteiger partial charge in [0.1, 0.15) is 5.75 Å². The Morgan fingerprint density at radius 1 is 1.50 bits per heavy atom. The molecule has 0 bridgehead atoms. The molecular formula is C19H24BrNO2S. The number of carbonyl (C=O) groups is 1. The van der Waals surface area contributed by atoms with E-state index in [4.69, 9.17) is 4.74 Å². The SMILES string of the molecule is CCCCOc1cccc(CCNC(=O)C=CC2(Br)CC=CS2)c1. The van der Waals surface area contributed by atoms with Crippen LogP contribution >= 0.6 is 27.7 Å². The van der Waals surface area contributed by atoms with Crippen LogP contribution in [0.15, 0.2) is 47.9 Å². The van der Waals surface area contributed by atoms with Crippen LogP contribution in [-0.4, -0.2) is 22.7 Å². The van der Waals surface area contributed by atoms with Gasteiger partial charge in [-0.3, -0.25) is 4.79 Å². The van der Waals surface area contributed by atoms with E-state index in [9.17, 15) is 4.79 Å². The van der Waals surface area contributed by atoms with Crippen LogP contribution in [-0.2, 0) is 11.2 Å². The van der Waals surface area contributed by atoms with Gasteiger partial charge in [-0.15, -0.1) is 11.8 Å². The first-order valence-corrected chi connectivity index (χ1v) is 9.99. The van der Waals surface area contributed by atoms with Gasteiger partial charge in [0, 0.05) is 12.6 Å². The molecule has 0 saturated carbocycles. The number of alkyl halides is 1. The Morgan fingerprint density at radius 3 is 3.12 bits per heavy atom. The number of halogens is 1. The molecule has 1 unspecified atom stereocenters. The van der Waals surface area contributed by atoms with Crippen LogP contribution in [0.2, 0.25) is 0 Å². The molecule has 2 rings (SSSR count). The van der Waals surface area contributed by atoms with Crippen molar-refractivity contribution in [1.82, 2.24) is 5.32 Å². The highest BCUT2D eigenvalue weighted by atomic mass is 79.9. The summed E-state index contributed by atoms with van der Waals surface area (Å²) >= 11 is 5.31. The summed E-state index contributed by atoms with van der Waals surface area (Å²) < 4.78 is 5.55. The summed E-state index contributed by atoms with van der Waals surface area (Å²) in [7, 11) is 0. The maximum absolute atomic E-state index is 11.9. The second kappa shape index (κ2) is 9.94. The molecule has 1 aliphatic rings. The monoisotopic (exact) mass is 409 g/mol. The Morgan fingerprint density at radius 2 is 2.38 bits per heavy atom. The molecule has 1 atom stereocenters. The van der Waals surface area contributed by atoms with E-state index >= 15 is 0 Å². The largest absolute Gasteiger partial charge is 0.494 e. The number of benzene rings is 1. The number of unbranched alkanes of at least 4 members (excludes halogenated alkanes) is 1. The molecule has 0 radical (unpaired) electrons. The van der Waals surface area contributed by atoms with Crippen LogP contribution in [0.4, 0.5) is 0 Å². The summed E-state index contributed by atoms with van der Waals surface area (Å²) in [5, 5.41) is 4.98. The van der Waals surface area contributed by atoms with Crippen molar-refractivity contribution >= 4 is 33.6 Å². The molecule has 1 aromatic rings. The fourth-order valence-corrected chi connectivity index (χ4v) is 3.64. The Kier molecular flexibility index (Phi) is 7.92. The van der Waals surface area contributed by atoms with E-state index in [0.29, 0.717) is 6.54 Å². The lowest BCUT2D eigenvalue weighted by atomic mass is 10.1. The third-order valence-corrected chi connectivity index (χ3v) is 5.79. The Labute approximate surface area is 157 Å². The summed E-state index contributed by atoms with van der Waals surface area (Å²) in [6.07, 6.45) is 9.50. The lowest BCUT2D eigenvalue weighted by Gasteiger charge is -2.14. The van der Waals surface area contributed by atoms with E-state index in [1.165, 1.54) is 5.56 Å². The highest BCUT2D eigenvalue weighted by Crippen LogP contribution is 2.43. The summed E-state index contributed by atoms with van der Waals surface area (Å²) in [6.45, 7) is 3.52. The molecule has 1 heterocycles. The summed E-state index contributed by atoms with van der Waals surface area (Å²) in [6, 6.07) is 8.08. The smallest absolute Gasteiger partial charge is 0.243 e. The van der Waals surface area contributed by atoms with Gasteiger partial charge in [0.05, 0.1) is 10.3 Å². The van der Waals surface area contributed by atoms with Gasteiger partial charge in [0.2, 0.25) is 5.91 Å².